The van der Waals surface area contributed by atoms with Crippen LogP contribution < -0.4 is 11.1 Å². The van der Waals surface area contributed by atoms with Gasteiger partial charge >= 0.3 is 0 Å². The number of hydrogen-bond donors (Lipinski definition) is 2. The summed E-state index contributed by atoms with van der Waals surface area (Å²) < 4.78 is 5.21. The largest absolute Gasteiger partial charge is 0.446 e. The highest BCUT2D eigenvalue weighted by molar-refractivity contribution is 5.92. The molecule has 1 aromatic heterocycles. The number of nitrogens with zero attached hydrogens (tertiary/aromatic N) is 1. The number of hydrogen-bond acceptors (Lipinski definition) is 4. The fraction of sp³-hybridized carbons (Fsp3) is 0.636. The monoisotopic (exact) mass is 223 g/mol. The highest BCUT2D eigenvalue weighted by atomic mass is 16.3. The Labute approximate surface area is 94.4 Å². The van der Waals surface area contributed by atoms with Crippen molar-refractivity contribution in [1.82, 2.24) is 10.3 Å². The minimum absolute atomic E-state index is 0.166. The molecule has 0 aromatic carbocycles. The van der Waals surface area contributed by atoms with E-state index in [0.29, 0.717) is 17.6 Å². The maximum Gasteiger partial charge on any atom is 0.273 e. The summed E-state index contributed by atoms with van der Waals surface area (Å²) >= 11 is 0. The Hall–Kier alpha value is -1.36. The zero-order valence-electron chi connectivity index (χ0n) is 9.40. The van der Waals surface area contributed by atoms with Crippen LogP contribution in [-0.2, 0) is 0 Å². The molecule has 88 valence electrons. The lowest BCUT2D eigenvalue weighted by atomic mass is 10.2. The molecule has 16 heavy (non-hydrogen) atoms. The third kappa shape index (κ3) is 2.61. The summed E-state index contributed by atoms with van der Waals surface area (Å²) in [7, 11) is 0. The van der Waals surface area contributed by atoms with Crippen molar-refractivity contribution in [1.29, 1.82) is 0 Å². The maximum atomic E-state index is 11.6. The van der Waals surface area contributed by atoms with E-state index in [2.05, 4.69) is 10.3 Å². The molecule has 1 aromatic rings. The Morgan fingerprint density at radius 3 is 3.12 bits per heavy atom. The quantitative estimate of drug-likeness (QED) is 0.789. The van der Waals surface area contributed by atoms with E-state index in [1.54, 1.807) is 0 Å². The Kier molecular flexibility index (Phi) is 3.24. The maximum absolute atomic E-state index is 11.6. The molecule has 0 radical (unpaired) electrons. The molecule has 0 aliphatic heterocycles. The van der Waals surface area contributed by atoms with Crippen LogP contribution in [0.5, 0.6) is 0 Å². The van der Waals surface area contributed by atoms with Gasteiger partial charge in [-0.2, -0.15) is 0 Å². The van der Waals surface area contributed by atoms with Gasteiger partial charge in [0.2, 0.25) is 5.89 Å². The van der Waals surface area contributed by atoms with Crippen LogP contribution in [0.4, 0.5) is 0 Å². The third-order valence-electron chi connectivity index (χ3n) is 2.58. The van der Waals surface area contributed by atoms with Crippen LogP contribution in [0.15, 0.2) is 10.7 Å². The number of oxazole rings is 1. The number of nitrogens with two attached hydrogens (primary N) is 1. The molecule has 5 heteroatoms. The number of carbonyl (C=O) groups excluding carboxylic acids is 1. The standard InChI is InChI=1S/C11H17N3O2/c1-2-3-8(12)11-14-9(6-16-11)10(15)13-7-4-5-7/h6-8H,2-5,12H2,1H3,(H,13,15). The van der Waals surface area contributed by atoms with Crippen molar-refractivity contribution >= 4 is 5.91 Å². The molecule has 0 spiro atoms. The predicted molar refractivity (Wildman–Crippen MR) is 58.8 cm³/mol. The van der Waals surface area contributed by atoms with Gasteiger partial charge in [-0.05, 0) is 19.3 Å². The molecule has 3 N–H and O–H groups in total. The van der Waals surface area contributed by atoms with Gasteiger partial charge in [0.05, 0.1) is 6.04 Å². The van der Waals surface area contributed by atoms with E-state index >= 15 is 0 Å². The summed E-state index contributed by atoms with van der Waals surface area (Å²) in [6, 6.07) is 0.115. The van der Waals surface area contributed by atoms with Gasteiger partial charge in [-0.15, -0.1) is 0 Å². The van der Waals surface area contributed by atoms with Crippen molar-refractivity contribution in [3.63, 3.8) is 0 Å². The van der Waals surface area contributed by atoms with Crippen LogP contribution in [0.1, 0.15) is 55.0 Å². The molecular formula is C11H17N3O2. The zero-order chi connectivity index (χ0) is 11.5. The second kappa shape index (κ2) is 4.65. The lowest BCUT2D eigenvalue weighted by molar-refractivity contribution is 0.0946. The number of nitrogens with one attached hydrogen (secondary N) is 1. The van der Waals surface area contributed by atoms with E-state index in [1.807, 2.05) is 6.92 Å². The molecule has 1 fully saturated rings. The second-order valence-electron chi connectivity index (χ2n) is 4.21. The van der Waals surface area contributed by atoms with Gasteiger partial charge in [0.15, 0.2) is 5.69 Å². The number of amides is 1. The topological polar surface area (TPSA) is 81.1 Å². The van der Waals surface area contributed by atoms with E-state index in [4.69, 9.17) is 10.2 Å². The van der Waals surface area contributed by atoms with Gasteiger partial charge in [0, 0.05) is 6.04 Å². The SMILES string of the molecule is CCCC(N)c1nc(C(=O)NC2CC2)co1. The first kappa shape index (κ1) is 11.1. The molecule has 1 saturated carbocycles. The first-order chi connectivity index (χ1) is 7.70. The van der Waals surface area contributed by atoms with Crippen molar-refractivity contribution in [2.24, 2.45) is 5.73 Å². The van der Waals surface area contributed by atoms with Gasteiger partial charge in [-0.1, -0.05) is 13.3 Å². The Morgan fingerprint density at radius 1 is 1.75 bits per heavy atom. The third-order valence-corrected chi connectivity index (χ3v) is 2.58. The van der Waals surface area contributed by atoms with E-state index < -0.39 is 0 Å². The minimum Gasteiger partial charge on any atom is -0.446 e. The van der Waals surface area contributed by atoms with E-state index in [0.717, 1.165) is 25.7 Å². The van der Waals surface area contributed by atoms with Gasteiger partial charge in [0.25, 0.3) is 5.91 Å². The van der Waals surface area contributed by atoms with Crippen molar-refractivity contribution in [2.45, 2.75) is 44.7 Å². The molecule has 1 aliphatic rings. The summed E-state index contributed by atoms with van der Waals surface area (Å²) in [5, 5.41) is 2.85. The Bertz CT molecular complexity index is 371. The van der Waals surface area contributed by atoms with Crippen LogP contribution in [0.3, 0.4) is 0 Å². The molecule has 0 saturated heterocycles. The lowest BCUT2D eigenvalue weighted by Crippen LogP contribution is -2.25. The van der Waals surface area contributed by atoms with Crippen molar-refractivity contribution in [2.75, 3.05) is 0 Å². The molecule has 2 rings (SSSR count). The summed E-state index contributed by atoms with van der Waals surface area (Å²) in [4.78, 5) is 15.7. The molecular weight excluding hydrogens is 206 g/mol. The Balaban J connectivity index is 1.97. The fourth-order valence-electron chi connectivity index (χ4n) is 1.48. The number of aromatic nitrogens is 1. The van der Waals surface area contributed by atoms with Gasteiger partial charge < -0.3 is 15.5 Å². The molecule has 1 amide bonds. The average molecular weight is 223 g/mol. The molecule has 0 bridgehead atoms. The molecule has 1 aliphatic carbocycles. The summed E-state index contributed by atoms with van der Waals surface area (Å²) in [5.74, 6) is 0.281. The van der Waals surface area contributed by atoms with Crippen LogP contribution >= 0.6 is 0 Å². The zero-order valence-corrected chi connectivity index (χ0v) is 9.40. The van der Waals surface area contributed by atoms with Crippen LogP contribution in [0, 0.1) is 0 Å². The smallest absolute Gasteiger partial charge is 0.273 e. The minimum atomic E-state index is -0.215. The van der Waals surface area contributed by atoms with Crippen LogP contribution in [0.25, 0.3) is 0 Å². The van der Waals surface area contributed by atoms with Crippen molar-refractivity contribution in [3.8, 4) is 0 Å². The van der Waals surface area contributed by atoms with E-state index in [1.165, 1.54) is 6.26 Å². The molecule has 5 nitrogen and oxygen atoms in total. The molecule has 1 unspecified atom stereocenters. The lowest BCUT2D eigenvalue weighted by Gasteiger charge is -2.03. The van der Waals surface area contributed by atoms with Gasteiger partial charge in [-0.3, -0.25) is 4.79 Å². The number of carbonyl (C=O) groups is 1. The molecule has 1 atom stereocenters. The highest BCUT2D eigenvalue weighted by Gasteiger charge is 2.25. The van der Waals surface area contributed by atoms with Gasteiger partial charge in [-0.25, -0.2) is 4.98 Å². The number of rotatable bonds is 5. The van der Waals surface area contributed by atoms with E-state index in [-0.39, 0.29) is 11.9 Å². The van der Waals surface area contributed by atoms with Crippen LogP contribution in [0.2, 0.25) is 0 Å². The summed E-state index contributed by atoms with van der Waals surface area (Å²) in [6.45, 7) is 2.05. The highest BCUT2D eigenvalue weighted by Crippen LogP contribution is 2.20. The van der Waals surface area contributed by atoms with Crippen molar-refractivity contribution < 1.29 is 9.21 Å². The molecule has 1 heterocycles. The van der Waals surface area contributed by atoms with Crippen molar-refractivity contribution in [3.05, 3.63) is 17.8 Å². The Morgan fingerprint density at radius 2 is 2.50 bits per heavy atom. The van der Waals surface area contributed by atoms with E-state index in [9.17, 15) is 4.79 Å². The second-order valence-corrected chi connectivity index (χ2v) is 4.21. The normalized spacial score (nSPS) is 17.1. The fourth-order valence-corrected chi connectivity index (χ4v) is 1.48. The van der Waals surface area contributed by atoms with Crippen LogP contribution in [-0.4, -0.2) is 16.9 Å². The van der Waals surface area contributed by atoms with Gasteiger partial charge in [0.1, 0.15) is 6.26 Å². The predicted octanol–water partition coefficient (Wildman–Crippen LogP) is 1.37. The average Bonchev–Trinajstić information content (AvgIpc) is 2.93. The first-order valence-electron chi connectivity index (χ1n) is 5.72. The summed E-state index contributed by atoms with van der Waals surface area (Å²) in [5.41, 5.74) is 6.17. The first-order valence-corrected chi connectivity index (χ1v) is 5.72. The summed E-state index contributed by atoms with van der Waals surface area (Å²) in [6.07, 6.45) is 5.28.